The van der Waals surface area contributed by atoms with Gasteiger partial charge in [-0.05, 0) is 56.1 Å². The van der Waals surface area contributed by atoms with E-state index < -0.39 is 11.6 Å². The van der Waals surface area contributed by atoms with Gasteiger partial charge in [0, 0.05) is 22.7 Å². The quantitative estimate of drug-likeness (QED) is 0.500. The predicted molar refractivity (Wildman–Crippen MR) is 100 cm³/mol. The van der Waals surface area contributed by atoms with Gasteiger partial charge in [0.25, 0.3) is 0 Å². The highest BCUT2D eigenvalue weighted by Gasteiger charge is 2.10. The fraction of sp³-hybridized carbons (Fsp3) is 0.211. The summed E-state index contributed by atoms with van der Waals surface area (Å²) in [5.41, 5.74) is 0.602. The maximum atomic E-state index is 14.2. The highest BCUT2D eigenvalue weighted by atomic mass is 35.5. The molecule has 0 amide bonds. The summed E-state index contributed by atoms with van der Waals surface area (Å²) in [6.07, 6.45) is 2.81. The molecule has 0 unspecified atom stereocenters. The standard InChI is InChI=1S/C19H18Cl2FNO2/c1-23(2)9-10-25-15-6-7-16(18(22)12-15)19(24)8-4-13-3-5-14(20)11-17(13)21/h3-8,11-12H,9-10H2,1-2H3. The van der Waals surface area contributed by atoms with Gasteiger partial charge in [-0.3, -0.25) is 4.79 Å². The Bertz CT molecular complexity index is 791. The van der Waals surface area contributed by atoms with Crippen molar-refractivity contribution >= 4 is 35.1 Å². The molecule has 6 heteroatoms. The zero-order valence-electron chi connectivity index (χ0n) is 13.9. The minimum atomic E-state index is -0.626. The summed E-state index contributed by atoms with van der Waals surface area (Å²) in [5, 5.41) is 0.922. The van der Waals surface area contributed by atoms with Crippen LogP contribution in [0.3, 0.4) is 0 Å². The smallest absolute Gasteiger partial charge is 0.188 e. The molecule has 0 aliphatic heterocycles. The molecule has 0 bridgehead atoms. The maximum Gasteiger partial charge on any atom is 0.188 e. The summed E-state index contributed by atoms with van der Waals surface area (Å²) in [6, 6.07) is 9.13. The Morgan fingerprint density at radius 1 is 1.20 bits per heavy atom. The van der Waals surface area contributed by atoms with E-state index in [1.807, 2.05) is 19.0 Å². The number of hydrogen-bond acceptors (Lipinski definition) is 3. The van der Waals surface area contributed by atoms with Gasteiger partial charge in [0.15, 0.2) is 5.78 Å². The SMILES string of the molecule is CN(C)CCOc1ccc(C(=O)C=Cc2ccc(Cl)cc2Cl)c(F)c1. The van der Waals surface area contributed by atoms with Gasteiger partial charge in [0.05, 0.1) is 5.56 Å². The summed E-state index contributed by atoms with van der Waals surface area (Å²) < 4.78 is 19.6. The first-order chi connectivity index (χ1) is 11.9. The van der Waals surface area contributed by atoms with Crippen molar-refractivity contribution in [3.8, 4) is 5.75 Å². The lowest BCUT2D eigenvalue weighted by atomic mass is 10.1. The molecule has 0 radical (unpaired) electrons. The molecule has 0 atom stereocenters. The van der Waals surface area contributed by atoms with E-state index in [1.165, 1.54) is 24.3 Å². The van der Waals surface area contributed by atoms with E-state index >= 15 is 0 Å². The lowest BCUT2D eigenvalue weighted by Crippen LogP contribution is -2.19. The van der Waals surface area contributed by atoms with Crippen LogP contribution in [0.5, 0.6) is 5.75 Å². The number of ketones is 1. The number of benzene rings is 2. The summed E-state index contributed by atoms with van der Waals surface area (Å²) in [5.74, 6) is -0.691. The average Bonchev–Trinajstić information content (AvgIpc) is 2.53. The molecule has 0 N–H and O–H groups in total. The molecule has 2 rings (SSSR count). The second-order valence-electron chi connectivity index (χ2n) is 5.66. The van der Waals surface area contributed by atoms with Gasteiger partial charge >= 0.3 is 0 Å². The monoisotopic (exact) mass is 381 g/mol. The second kappa shape index (κ2) is 8.99. The zero-order chi connectivity index (χ0) is 18.4. The van der Waals surface area contributed by atoms with Crippen molar-refractivity contribution < 1.29 is 13.9 Å². The average molecular weight is 382 g/mol. The number of allylic oxidation sites excluding steroid dienone is 1. The predicted octanol–water partition coefficient (Wildman–Crippen LogP) is 4.97. The number of hydrogen-bond donors (Lipinski definition) is 0. The topological polar surface area (TPSA) is 29.5 Å². The molecule has 132 valence electrons. The van der Waals surface area contributed by atoms with E-state index in [0.717, 1.165) is 0 Å². The van der Waals surface area contributed by atoms with E-state index in [2.05, 4.69) is 0 Å². The minimum absolute atomic E-state index is 0.0266. The van der Waals surface area contributed by atoms with Crippen LogP contribution in [0.15, 0.2) is 42.5 Å². The van der Waals surface area contributed by atoms with Crippen LogP contribution in [0.2, 0.25) is 10.0 Å². The van der Waals surface area contributed by atoms with Crippen LogP contribution in [0.25, 0.3) is 6.08 Å². The Hall–Kier alpha value is -1.88. The highest BCUT2D eigenvalue weighted by molar-refractivity contribution is 6.35. The van der Waals surface area contributed by atoms with E-state index in [9.17, 15) is 9.18 Å². The van der Waals surface area contributed by atoms with Crippen LogP contribution in [-0.2, 0) is 0 Å². The van der Waals surface area contributed by atoms with Crippen LogP contribution in [-0.4, -0.2) is 37.9 Å². The van der Waals surface area contributed by atoms with Crippen molar-refractivity contribution in [2.45, 2.75) is 0 Å². The number of halogens is 3. The molecular formula is C19H18Cl2FNO2. The largest absolute Gasteiger partial charge is 0.492 e. The van der Waals surface area contributed by atoms with Gasteiger partial charge in [-0.25, -0.2) is 4.39 Å². The molecular weight excluding hydrogens is 364 g/mol. The molecule has 0 fully saturated rings. The first kappa shape index (κ1) is 19.4. The van der Waals surface area contributed by atoms with Crippen molar-refractivity contribution in [1.82, 2.24) is 4.90 Å². The van der Waals surface area contributed by atoms with Gasteiger partial charge in [0.1, 0.15) is 18.2 Å². The fourth-order valence-corrected chi connectivity index (χ4v) is 2.49. The van der Waals surface area contributed by atoms with Crippen LogP contribution < -0.4 is 4.74 Å². The van der Waals surface area contributed by atoms with Crippen molar-refractivity contribution in [1.29, 1.82) is 0 Å². The molecule has 0 spiro atoms. The van der Waals surface area contributed by atoms with Crippen LogP contribution >= 0.6 is 23.2 Å². The van der Waals surface area contributed by atoms with Crippen molar-refractivity contribution in [2.75, 3.05) is 27.2 Å². The second-order valence-corrected chi connectivity index (χ2v) is 6.50. The fourth-order valence-electron chi connectivity index (χ4n) is 2.02. The minimum Gasteiger partial charge on any atom is -0.492 e. The van der Waals surface area contributed by atoms with Crippen molar-refractivity contribution in [2.24, 2.45) is 0 Å². The molecule has 2 aromatic carbocycles. The number of carbonyl (C=O) groups excluding carboxylic acids is 1. The van der Waals surface area contributed by atoms with Gasteiger partial charge in [-0.1, -0.05) is 29.3 Å². The van der Waals surface area contributed by atoms with Crippen LogP contribution in [0.1, 0.15) is 15.9 Å². The molecule has 0 saturated heterocycles. The summed E-state index contributed by atoms with van der Waals surface area (Å²) in [6.45, 7) is 1.15. The van der Waals surface area contributed by atoms with Crippen LogP contribution in [0, 0.1) is 5.82 Å². The Morgan fingerprint density at radius 2 is 1.96 bits per heavy atom. The summed E-state index contributed by atoms with van der Waals surface area (Å²) in [4.78, 5) is 14.1. The molecule has 0 heterocycles. The first-order valence-corrected chi connectivity index (χ1v) is 8.37. The lowest BCUT2D eigenvalue weighted by Gasteiger charge is -2.11. The van der Waals surface area contributed by atoms with E-state index in [1.54, 1.807) is 24.3 Å². The number of nitrogens with zero attached hydrogens (tertiary/aromatic N) is 1. The number of rotatable bonds is 7. The molecule has 3 nitrogen and oxygen atoms in total. The Labute approximate surface area is 156 Å². The van der Waals surface area contributed by atoms with Crippen molar-refractivity contribution in [3.05, 3.63) is 69.5 Å². The molecule has 0 aliphatic rings. The van der Waals surface area contributed by atoms with Crippen molar-refractivity contribution in [3.63, 3.8) is 0 Å². The third-order valence-corrected chi connectivity index (χ3v) is 3.95. The molecule has 0 aliphatic carbocycles. The number of carbonyl (C=O) groups is 1. The Kier molecular flexibility index (Phi) is 7.00. The first-order valence-electron chi connectivity index (χ1n) is 7.61. The molecule has 2 aromatic rings. The van der Waals surface area contributed by atoms with Gasteiger partial charge in [0.2, 0.25) is 0 Å². The van der Waals surface area contributed by atoms with Gasteiger partial charge in [-0.15, -0.1) is 0 Å². The van der Waals surface area contributed by atoms with Crippen LogP contribution in [0.4, 0.5) is 4.39 Å². The Morgan fingerprint density at radius 3 is 2.60 bits per heavy atom. The summed E-state index contributed by atoms with van der Waals surface area (Å²) in [7, 11) is 3.84. The molecule has 0 saturated carbocycles. The maximum absolute atomic E-state index is 14.2. The van der Waals surface area contributed by atoms with E-state index in [0.29, 0.717) is 34.5 Å². The Balaban J connectivity index is 2.07. The molecule has 0 aromatic heterocycles. The van der Waals surface area contributed by atoms with Gasteiger partial charge in [-0.2, -0.15) is 0 Å². The molecule has 25 heavy (non-hydrogen) atoms. The third kappa shape index (κ3) is 5.85. The third-order valence-electron chi connectivity index (χ3n) is 3.39. The van der Waals surface area contributed by atoms with E-state index in [4.69, 9.17) is 27.9 Å². The zero-order valence-corrected chi connectivity index (χ0v) is 15.4. The number of likely N-dealkylation sites (N-methyl/N-ethyl adjacent to an activating group) is 1. The number of ether oxygens (including phenoxy) is 1. The summed E-state index contributed by atoms with van der Waals surface area (Å²) >= 11 is 11.9. The van der Waals surface area contributed by atoms with E-state index in [-0.39, 0.29) is 5.56 Å². The normalized spacial score (nSPS) is 11.3. The highest BCUT2D eigenvalue weighted by Crippen LogP contribution is 2.23. The van der Waals surface area contributed by atoms with Gasteiger partial charge < -0.3 is 9.64 Å². The lowest BCUT2D eigenvalue weighted by molar-refractivity contribution is 0.104.